The van der Waals surface area contributed by atoms with Gasteiger partial charge < -0.3 is 26.0 Å². The van der Waals surface area contributed by atoms with Gasteiger partial charge in [0.1, 0.15) is 0 Å². The maximum atomic E-state index is 9.57. The van der Waals surface area contributed by atoms with Gasteiger partial charge in [0.05, 0.1) is 18.8 Å². The lowest BCUT2D eigenvalue weighted by Crippen LogP contribution is -2.38. The summed E-state index contributed by atoms with van der Waals surface area (Å²) in [7, 11) is 0. The number of para-hydroxylation sites is 1. The molecule has 0 spiro atoms. The van der Waals surface area contributed by atoms with E-state index < -0.39 is 6.29 Å². The third-order valence-corrected chi connectivity index (χ3v) is 7.96. The molecule has 4 atom stereocenters. The molecule has 5 nitrogen and oxygen atoms in total. The van der Waals surface area contributed by atoms with Gasteiger partial charge in [-0.3, -0.25) is 0 Å². The summed E-state index contributed by atoms with van der Waals surface area (Å²) in [6, 6.07) is 34.4. The second kappa shape index (κ2) is 11.9. The quantitative estimate of drug-likeness (QED) is 0.200. The van der Waals surface area contributed by atoms with Crippen LogP contribution in [0.5, 0.6) is 0 Å². The first-order chi connectivity index (χ1) is 18.2. The Balaban J connectivity index is 1.53. The second-order valence-electron chi connectivity index (χ2n) is 9.19. The van der Waals surface area contributed by atoms with Crippen molar-refractivity contribution in [3.8, 4) is 0 Å². The van der Waals surface area contributed by atoms with E-state index in [0.29, 0.717) is 12.3 Å². The van der Waals surface area contributed by atoms with Crippen LogP contribution in [-0.2, 0) is 22.6 Å². The molecule has 0 aliphatic carbocycles. The third kappa shape index (κ3) is 5.90. The molecule has 4 aromatic carbocycles. The molecule has 5 N–H and O–H groups in total. The van der Waals surface area contributed by atoms with Crippen molar-refractivity contribution in [2.45, 2.75) is 42.5 Å². The van der Waals surface area contributed by atoms with E-state index in [1.807, 2.05) is 78.9 Å². The molecule has 1 fully saturated rings. The van der Waals surface area contributed by atoms with E-state index in [2.05, 4.69) is 24.3 Å². The monoisotopic (exact) mass is 512 g/mol. The minimum atomic E-state index is -0.534. The molecule has 37 heavy (non-hydrogen) atoms. The molecule has 1 aliphatic heterocycles. The SMILES string of the molecule is NCc1ccc(C2OC(CSc3ccccc3N)C(c3ccccc3)C(c3ccc(CO)cc3)O2)cc1. The van der Waals surface area contributed by atoms with E-state index in [0.717, 1.165) is 38.4 Å². The number of ether oxygens (including phenoxy) is 2. The van der Waals surface area contributed by atoms with Crippen LogP contribution in [0, 0.1) is 0 Å². The van der Waals surface area contributed by atoms with E-state index in [1.165, 1.54) is 0 Å². The average molecular weight is 513 g/mol. The highest BCUT2D eigenvalue weighted by molar-refractivity contribution is 7.99. The van der Waals surface area contributed by atoms with Crippen molar-refractivity contribution in [2.75, 3.05) is 11.5 Å². The fourth-order valence-electron chi connectivity index (χ4n) is 4.75. The maximum absolute atomic E-state index is 9.57. The van der Waals surface area contributed by atoms with E-state index in [4.69, 9.17) is 20.9 Å². The van der Waals surface area contributed by atoms with Gasteiger partial charge in [-0.25, -0.2) is 0 Å². The number of anilines is 1. The van der Waals surface area contributed by atoms with Crippen LogP contribution in [0.2, 0.25) is 0 Å². The molecule has 190 valence electrons. The topological polar surface area (TPSA) is 90.7 Å². The number of hydrogen-bond donors (Lipinski definition) is 3. The van der Waals surface area contributed by atoms with Crippen LogP contribution in [0.15, 0.2) is 108 Å². The van der Waals surface area contributed by atoms with Gasteiger partial charge in [0.2, 0.25) is 0 Å². The summed E-state index contributed by atoms with van der Waals surface area (Å²) in [6.45, 7) is 0.491. The van der Waals surface area contributed by atoms with Crippen molar-refractivity contribution in [2.24, 2.45) is 5.73 Å². The lowest BCUT2D eigenvalue weighted by atomic mass is 9.84. The van der Waals surface area contributed by atoms with Gasteiger partial charge in [-0.15, -0.1) is 11.8 Å². The summed E-state index contributed by atoms with van der Waals surface area (Å²) in [5, 5.41) is 9.57. The Labute approximate surface area is 222 Å². The number of rotatable bonds is 8. The van der Waals surface area contributed by atoms with Crippen molar-refractivity contribution in [3.05, 3.63) is 131 Å². The normalized spacial score (nSPS) is 21.6. The second-order valence-corrected chi connectivity index (χ2v) is 10.3. The lowest BCUT2D eigenvalue weighted by Gasteiger charge is -2.43. The van der Waals surface area contributed by atoms with Crippen LogP contribution in [0.4, 0.5) is 5.69 Å². The first-order valence-electron chi connectivity index (χ1n) is 12.5. The van der Waals surface area contributed by atoms with E-state index >= 15 is 0 Å². The number of aliphatic hydroxyl groups excluding tert-OH is 1. The Bertz CT molecular complexity index is 1280. The van der Waals surface area contributed by atoms with Crippen LogP contribution in [0.3, 0.4) is 0 Å². The zero-order chi connectivity index (χ0) is 25.6. The van der Waals surface area contributed by atoms with Crippen molar-refractivity contribution in [1.82, 2.24) is 0 Å². The predicted octanol–water partition coefficient (Wildman–Crippen LogP) is 5.95. The number of aliphatic hydroxyl groups is 1. The standard InChI is InChI=1S/C31H32N2O3S/c32-18-21-10-16-25(17-11-21)31-35-27(20-37-28-9-5-4-8-26(28)33)29(23-6-2-1-3-7-23)30(36-31)24-14-12-22(19-34)13-15-24/h1-17,27,29-31,34H,18-20,32-33H2. The van der Waals surface area contributed by atoms with Gasteiger partial charge in [0, 0.05) is 34.4 Å². The molecule has 0 aromatic heterocycles. The molecule has 1 aliphatic rings. The molecule has 1 saturated heterocycles. The Morgan fingerprint density at radius 3 is 2.03 bits per heavy atom. The highest BCUT2D eigenvalue weighted by atomic mass is 32.2. The van der Waals surface area contributed by atoms with Crippen molar-refractivity contribution in [3.63, 3.8) is 0 Å². The van der Waals surface area contributed by atoms with Crippen molar-refractivity contribution in [1.29, 1.82) is 0 Å². The Morgan fingerprint density at radius 1 is 0.703 bits per heavy atom. The summed E-state index contributed by atoms with van der Waals surface area (Å²) in [5.41, 5.74) is 17.9. The minimum absolute atomic E-state index is 0.00487. The maximum Gasteiger partial charge on any atom is 0.184 e. The zero-order valence-electron chi connectivity index (χ0n) is 20.6. The van der Waals surface area contributed by atoms with Crippen LogP contribution in [0.25, 0.3) is 0 Å². The van der Waals surface area contributed by atoms with Gasteiger partial charge in [-0.1, -0.05) is 91.0 Å². The predicted molar refractivity (Wildman–Crippen MR) is 149 cm³/mol. The van der Waals surface area contributed by atoms with Crippen molar-refractivity contribution >= 4 is 17.4 Å². The average Bonchev–Trinajstić information content (AvgIpc) is 2.97. The van der Waals surface area contributed by atoms with E-state index in [-0.39, 0.29) is 24.7 Å². The van der Waals surface area contributed by atoms with Gasteiger partial charge in [-0.2, -0.15) is 0 Å². The molecule has 4 unspecified atom stereocenters. The summed E-state index contributed by atoms with van der Waals surface area (Å²) < 4.78 is 13.4. The molecule has 0 radical (unpaired) electrons. The van der Waals surface area contributed by atoms with E-state index in [9.17, 15) is 5.11 Å². The number of benzene rings is 4. The zero-order valence-corrected chi connectivity index (χ0v) is 21.4. The molecular formula is C31H32N2O3S. The number of thioether (sulfide) groups is 1. The first-order valence-corrected chi connectivity index (χ1v) is 13.5. The number of hydrogen-bond acceptors (Lipinski definition) is 6. The van der Waals surface area contributed by atoms with Gasteiger partial charge in [0.25, 0.3) is 0 Å². The summed E-state index contributed by atoms with van der Waals surface area (Å²) in [5.74, 6) is 0.665. The molecule has 4 aromatic rings. The van der Waals surface area contributed by atoms with Crippen LogP contribution < -0.4 is 11.5 Å². The highest BCUT2D eigenvalue weighted by Gasteiger charge is 2.41. The Hall–Kier alpha value is -3.13. The highest BCUT2D eigenvalue weighted by Crippen LogP contribution is 2.48. The summed E-state index contributed by atoms with van der Waals surface area (Å²) in [6.07, 6.45) is -0.933. The summed E-state index contributed by atoms with van der Waals surface area (Å²) in [4.78, 5) is 1.04. The van der Waals surface area contributed by atoms with E-state index in [1.54, 1.807) is 11.8 Å². The molecule has 5 rings (SSSR count). The third-order valence-electron chi connectivity index (χ3n) is 6.78. The van der Waals surface area contributed by atoms with Gasteiger partial charge in [0.15, 0.2) is 6.29 Å². The van der Waals surface area contributed by atoms with Crippen LogP contribution in [-0.4, -0.2) is 17.0 Å². The number of nitrogen functional groups attached to an aromatic ring is 1. The molecule has 0 bridgehead atoms. The first kappa shape index (κ1) is 25.5. The minimum Gasteiger partial charge on any atom is -0.398 e. The summed E-state index contributed by atoms with van der Waals surface area (Å²) >= 11 is 1.70. The Morgan fingerprint density at radius 2 is 1.35 bits per heavy atom. The fourth-order valence-corrected chi connectivity index (χ4v) is 5.79. The smallest absolute Gasteiger partial charge is 0.184 e. The lowest BCUT2D eigenvalue weighted by molar-refractivity contribution is -0.255. The van der Waals surface area contributed by atoms with Crippen LogP contribution in [0.1, 0.15) is 46.1 Å². The molecule has 1 heterocycles. The fraction of sp³-hybridized carbons (Fsp3) is 0.226. The number of nitrogens with two attached hydrogens (primary N) is 2. The molecule has 0 saturated carbocycles. The van der Waals surface area contributed by atoms with Crippen molar-refractivity contribution < 1.29 is 14.6 Å². The Kier molecular flexibility index (Phi) is 8.24. The van der Waals surface area contributed by atoms with Gasteiger partial charge in [-0.05, 0) is 34.4 Å². The molecule has 6 heteroatoms. The van der Waals surface area contributed by atoms with Gasteiger partial charge >= 0.3 is 0 Å². The molecule has 0 amide bonds. The van der Waals surface area contributed by atoms with Crippen LogP contribution >= 0.6 is 11.8 Å². The molecular weight excluding hydrogens is 480 g/mol. The largest absolute Gasteiger partial charge is 0.398 e.